The highest BCUT2D eigenvalue weighted by atomic mass is 16.5. The molecule has 0 spiro atoms. The second-order valence-electron chi connectivity index (χ2n) is 4.17. The summed E-state index contributed by atoms with van der Waals surface area (Å²) in [5.41, 5.74) is 1.15. The number of ether oxygens (including phenoxy) is 1. The van der Waals surface area contributed by atoms with E-state index in [2.05, 4.69) is 11.9 Å². The van der Waals surface area contributed by atoms with Gasteiger partial charge in [0.15, 0.2) is 0 Å². The number of carbonyl (C=O) groups excluding carboxylic acids is 1. The summed E-state index contributed by atoms with van der Waals surface area (Å²) in [6, 6.07) is 7.95. The highest BCUT2D eigenvalue weighted by Gasteiger charge is 2.22. The quantitative estimate of drug-likeness (QED) is 0.807. The van der Waals surface area contributed by atoms with Gasteiger partial charge in [0, 0.05) is 13.0 Å². The predicted octanol–water partition coefficient (Wildman–Crippen LogP) is 2.25. The van der Waals surface area contributed by atoms with Gasteiger partial charge in [0.1, 0.15) is 5.75 Å². The van der Waals surface area contributed by atoms with Crippen molar-refractivity contribution in [1.29, 1.82) is 0 Å². The Morgan fingerprint density at radius 2 is 2.35 bits per heavy atom. The van der Waals surface area contributed by atoms with E-state index >= 15 is 0 Å². The van der Waals surface area contributed by atoms with Crippen molar-refractivity contribution in [2.75, 3.05) is 13.2 Å². The van der Waals surface area contributed by atoms with Crippen LogP contribution in [0.3, 0.4) is 0 Å². The van der Waals surface area contributed by atoms with Gasteiger partial charge in [-0.25, -0.2) is 0 Å². The van der Waals surface area contributed by atoms with Gasteiger partial charge in [0.25, 0.3) is 0 Å². The predicted molar refractivity (Wildman–Crippen MR) is 67.1 cm³/mol. The van der Waals surface area contributed by atoms with E-state index in [4.69, 9.17) is 4.74 Å². The van der Waals surface area contributed by atoms with Crippen molar-refractivity contribution in [3.63, 3.8) is 0 Å². The van der Waals surface area contributed by atoms with Gasteiger partial charge in [0.05, 0.1) is 6.61 Å². The third-order valence-electron chi connectivity index (χ3n) is 2.96. The van der Waals surface area contributed by atoms with Gasteiger partial charge in [0.2, 0.25) is 5.91 Å². The van der Waals surface area contributed by atoms with Gasteiger partial charge < -0.3 is 10.1 Å². The van der Waals surface area contributed by atoms with E-state index in [-0.39, 0.29) is 11.8 Å². The molecule has 3 nitrogen and oxygen atoms in total. The number of carbonyl (C=O) groups is 1. The molecular weight excluding hydrogens is 214 g/mol. The number of nitrogens with one attached hydrogen (secondary N) is 1. The third kappa shape index (κ3) is 2.87. The summed E-state index contributed by atoms with van der Waals surface area (Å²) in [4.78, 5) is 11.7. The number of hydrogen-bond donors (Lipinski definition) is 1. The lowest BCUT2D eigenvalue weighted by Crippen LogP contribution is -2.26. The molecule has 17 heavy (non-hydrogen) atoms. The second-order valence-corrected chi connectivity index (χ2v) is 4.17. The van der Waals surface area contributed by atoms with Crippen LogP contribution in [0.25, 0.3) is 0 Å². The average Bonchev–Trinajstić information content (AvgIpc) is 2.37. The van der Waals surface area contributed by atoms with Crippen molar-refractivity contribution in [3.05, 3.63) is 42.5 Å². The fourth-order valence-corrected chi connectivity index (χ4v) is 2.11. The molecule has 2 rings (SSSR count). The lowest BCUT2D eigenvalue weighted by atomic mass is 9.90. The number of para-hydroxylation sites is 1. The first-order valence-electron chi connectivity index (χ1n) is 5.90. The van der Waals surface area contributed by atoms with E-state index in [1.165, 1.54) is 0 Å². The zero-order valence-corrected chi connectivity index (χ0v) is 9.82. The summed E-state index contributed by atoms with van der Waals surface area (Å²) in [7, 11) is 0. The molecule has 3 heteroatoms. The Hall–Kier alpha value is -1.77. The Kier molecular flexibility index (Phi) is 3.81. The third-order valence-corrected chi connectivity index (χ3v) is 2.96. The smallest absolute Gasteiger partial charge is 0.220 e. The topological polar surface area (TPSA) is 38.3 Å². The highest BCUT2D eigenvalue weighted by molar-refractivity contribution is 5.77. The summed E-state index contributed by atoms with van der Waals surface area (Å²) in [5, 5.41) is 2.81. The Morgan fingerprint density at radius 1 is 1.53 bits per heavy atom. The van der Waals surface area contributed by atoms with Crippen LogP contribution in [0.1, 0.15) is 24.3 Å². The second kappa shape index (κ2) is 5.53. The van der Waals surface area contributed by atoms with E-state index in [0.717, 1.165) is 17.7 Å². The molecule has 1 aliphatic heterocycles. The number of fused-ring (bicyclic) bond motifs is 1. The molecule has 1 heterocycles. The van der Waals surface area contributed by atoms with Crippen LogP contribution < -0.4 is 10.1 Å². The van der Waals surface area contributed by atoms with Crippen LogP contribution >= 0.6 is 0 Å². The van der Waals surface area contributed by atoms with Crippen molar-refractivity contribution < 1.29 is 9.53 Å². The molecule has 90 valence electrons. The molecule has 1 aromatic rings. The van der Waals surface area contributed by atoms with Gasteiger partial charge >= 0.3 is 0 Å². The summed E-state index contributed by atoms with van der Waals surface area (Å²) in [5.74, 6) is 1.26. The maximum Gasteiger partial charge on any atom is 0.220 e. The minimum Gasteiger partial charge on any atom is -0.493 e. The Morgan fingerprint density at radius 3 is 3.18 bits per heavy atom. The standard InChI is InChI=1S/C14H17NO2/c1-2-8-15-14(16)10-11-7-9-17-13-6-4-3-5-12(11)13/h2-6,11H,1,7-10H2,(H,15,16). The van der Waals surface area contributed by atoms with E-state index in [1.807, 2.05) is 24.3 Å². The van der Waals surface area contributed by atoms with Gasteiger partial charge in [-0.05, 0) is 24.0 Å². The number of amides is 1. The SMILES string of the molecule is C=CCNC(=O)CC1CCOc2ccccc21. The normalized spacial score (nSPS) is 17.8. The minimum absolute atomic E-state index is 0.0756. The molecule has 0 radical (unpaired) electrons. The van der Waals surface area contributed by atoms with Gasteiger partial charge in [-0.3, -0.25) is 4.79 Å². The van der Waals surface area contributed by atoms with Crippen LogP contribution in [0.5, 0.6) is 5.75 Å². The first-order valence-corrected chi connectivity index (χ1v) is 5.90. The monoisotopic (exact) mass is 231 g/mol. The van der Waals surface area contributed by atoms with Crippen LogP contribution in [0.2, 0.25) is 0 Å². The van der Waals surface area contributed by atoms with Gasteiger partial charge in [-0.15, -0.1) is 6.58 Å². The molecule has 0 aromatic heterocycles. The number of rotatable bonds is 4. The van der Waals surface area contributed by atoms with E-state index in [9.17, 15) is 4.79 Å². The average molecular weight is 231 g/mol. The first kappa shape index (κ1) is 11.7. The molecule has 0 saturated carbocycles. The number of benzene rings is 1. The largest absolute Gasteiger partial charge is 0.493 e. The zero-order chi connectivity index (χ0) is 12.1. The molecule has 0 bridgehead atoms. The van der Waals surface area contributed by atoms with E-state index < -0.39 is 0 Å². The molecule has 1 aromatic carbocycles. The summed E-state index contributed by atoms with van der Waals surface area (Å²) in [6.07, 6.45) is 3.11. The maximum absolute atomic E-state index is 11.7. The Bertz CT molecular complexity index is 414. The lowest BCUT2D eigenvalue weighted by Gasteiger charge is -2.25. The lowest BCUT2D eigenvalue weighted by molar-refractivity contribution is -0.121. The van der Waals surface area contributed by atoms with Crippen molar-refractivity contribution >= 4 is 5.91 Å². The molecular formula is C14H17NO2. The summed E-state index contributed by atoms with van der Waals surface area (Å²) >= 11 is 0. The molecule has 1 atom stereocenters. The zero-order valence-electron chi connectivity index (χ0n) is 9.82. The van der Waals surface area contributed by atoms with Crippen LogP contribution in [-0.4, -0.2) is 19.1 Å². The van der Waals surface area contributed by atoms with E-state index in [0.29, 0.717) is 19.6 Å². The van der Waals surface area contributed by atoms with Crippen LogP contribution in [-0.2, 0) is 4.79 Å². The molecule has 1 amide bonds. The molecule has 0 aliphatic carbocycles. The highest BCUT2D eigenvalue weighted by Crippen LogP contribution is 2.35. The summed E-state index contributed by atoms with van der Waals surface area (Å²) in [6.45, 7) is 4.80. The molecule has 1 N–H and O–H groups in total. The van der Waals surface area contributed by atoms with Crippen molar-refractivity contribution in [1.82, 2.24) is 5.32 Å². The van der Waals surface area contributed by atoms with Crippen molar-refractivity contribution in [2.45, 2.75) is 18.8 Å². The fraction of sp³-hybridized carbons (Fsp3) is 0.357. The maximum atomic E-state index is 11.7. The van der Waals surface area contributed by atoms with Crippen molar-refractivity contribution in [2.24, 2.45) is 0 Å². The summed E-state index contributed by atoms with van der Waals surface area (Å²) < 4.78 is 5.57. The molecule has 0 saturated heterocycles. The van der Waals surface area contributed by atoms with E-state index in [1.54, 1.807) is 6.08 Å². The van der Waals surface area contributed by atoms with Gasteiger partial charge in [-0.1, -0.05) is 24.3 Å². The molecule has 0 fully saturated rings. The Balaban J connectivity index is 2.03. The van der Waals surface area contributed by atoms with Crippen molar-refractivity contribution in [3.8, 4) is 5.75 Å². The van der Waals surface area contributed by atoms with Crippen LogP contribution in [0.4, 0.5) is 0 Å². The van der Waals surface area contributed by atoms with Gasteiger partial charge in [-0.2, -0.15) is 0 Å². The molecule has 1 aliphatic rings. The van der Waals surface area contributed by atoms with Crippen LogP contribution in [0.15, 0.2) is 36.9 Å². The number of hydrogen-bond acceptors (Lipinski definition) is 2. The minimum atomic E-state index is 0.0756. The Labute approximate surface area is 101 Å². The van der Waals surface area contributed by atoms with Crippen LogP contribution in [0, 0.1) is 0 Å². The molecule has 1 unspecified atom stereocenters. The first-order chi connectivity index (χ1) is 8.31. The fourth-order valence-electron chi connectivity index (χ4n) is 2.11.